The fraction of sp³-hybridized carbons (Fsp3) is 0.417. The lowest BCUT2D eigenvalue weighted by molar-refractivity contribution is -0.120. The summed E-state index contributed by atoms with van der Waals surface area (Å²) in [4.78, 5) is 12.0. The molecule has 0 aromatic heterocycles. The van der Waals surface area contributed by atoms with Crippen molar-refractivity contribution < 1.29 is 13.4 Å². The zero-order chi connectivity index (χ0) is 13.3. The van der Waals surface area contributed by atoms with Crippen molar-refractivity contribution in [1.82, 2.24) is 5.32 Å². The molecule has 2 atom stereocenters. The Hall–Kier alpha value is -1.43. The molecule has 2 unspecified atom stereocenters. The number of carbonyl (C=O) groups excluding carboxylic acids is 1. The van der Waals surface area contributed by atoms with Crippen molar-refractivity contribution in [3.8, 4) is 0 Å². The molecule has 1 amide bonds. The van der Waals surface area contributed by atoms with Gasteiger partial charge in [0.15, 0.2) is 0 Å². The van der Waals surface area contributed by atoms with Gasteiger partial charge in [0.05, 0.1) is 10.8 Å². The Bertz CT molecular complexity index is 483. The number of benzene rings is 1. The van der Waals surface area contributed by atoms with E-state index in [4.69, 9.17) is 5.73 Å². The normalized spacial score (nSPS) is 18.1. The number of hydrogen-bond donors (Lipinski definition) is 2. The van der Waals surface area contributed by atoms with Crippen molar-refractivity contribution in [1.29, 1.82) is 0 Å². The molecule has 0 bridgehead atoms. The van der Waals surface area contributed by atoms with Gasteiger partial charge in [0.25, 0.3) is 0 Å². The molecule has 18 heavy (non-hydrogen) atoms. The summed E-state index contributed by atoms with van der Waals surface area (Å²) in [7, 11) is -1.60. The third-order valence-electron chi connectivity index (χ3n) is 2.74. The largest absolute Gasteiger partial charge is 0.399 e. The first-order chi connectivity index (χ1) is 8.47. The number of amides is 1. The molecule has 1 aliphatic carbocycles. The fourth-order valence-corrected chi connectivity index (χ4v) is 2.70. The Morgan fingerprint density at radius 2 is 2.17 bits per heavy atom. The highest BCUT2D eigenvalue weighted by molar-refractivity contribution is 7.86. The molecule has 0 radical (unpaired) electrons. The van der Waals surface area contributed by atoms with E-state index < -0.39 is 21.9 Å². The molecule has 0 spiro atoms. The maximum Gasteiger partial charge on any atom is 0.236 e. The lowest BCUT2D eigenvalue weighted by atomic mass is 10.3. The van der Waals surface area contributed by atoms with Gasteiger partial charge in [-0.1, -0.05) is 0 Å². The molecule has 0 saturated heterocycles. The van der Waals surface area contributed by atoms with E-state index in [1.54, 1.807) is 6.92 Å². The monoisotopic (exact) mass is 270 g/mol. The molecule has 1 aliphatic rings. The van der Waals surface area contributed by atoms with Crippen LogP contribution in [0.15, 0.2) is 23.1 Å². The third-order valence-corrected chi connectivity index (χ3v) is 4.30. The first-order valence-corrected chi connectivity index (χ1v) is 6.95. The summed E-state index contributed by atoms with van der Waals surface area (Å²) >= 11 is 0. The second-order valence-corrected chi connectivity index (χ2v) is 6.22. The Balaban J connectivity index is 2.11. The minimum Gasteiger partial charge on any atom is -0.399 e. The van der Waals surface area contributed by atoms with Crippen molar-refractivity contribution in [2.45, 2.75) is 36.0 Å². The van der Waals surface area contributed by atoms with Crippen molar-refractivity contribution in [2.75, 3.05) is 5.73 Å². The van der Waals surface area contributed by atoms with E-state index in [-0.39, 0.29) is 22.5 Å². The van der Waals surface area contributed by atoms with E-state index >= 15 is 0 Å². The summed E-state index contributed by atoms with van der Waals surface area (Å²) in [6.45, 7) is 1.56. The minimum absolute atomic E-state index is 0.202. The van der Waals surface area contributed by atoms with Crippen LogP contribution in [0.3, 0.4) is 0 Å². The molecule has 0 heterocycles. The maximum absolute atomic E-state index is 13.2. The summed E-state index contributed by atoms with van der Waals surface area (Å²) in [5.41, 5.74) is 5.69. The number of rotatable bonds is 4. The van der Waals surface area contributed by atoms with Gasteiger partial charge in [-0.25, -0.2) is 4.39 Å². The maximum atomic E-state index is 13.2. The molecule has 1 fully saturated rings. The highest BCUT2D eigenvalue weighted by Gasteiger charge is 2.28. The van der Waals surface area contributed by atoms with E-state index in [0.717, 1.165) is 25.0 Å². The van der Waals surface area contributed by atoms with Crippen molar-refractivity contribution in [2.24, 2.45) is 0 Å². The smallest absolute Gasteiger partial charge is 0.236 e. The SMILES string of the molecule is CC(C(=O)NC1CC1)S(=O)c1cc(N)cc(F)c1. The van der Waals surface area contributed by atoms with Crippen LogP contribution in [0.2, 0.25) is 0 Å². The first-order valence-electron chi connectivity index (χ1n) is 5.74. The van der Waals surface area contributed by atoms with Gasteiger partial charge < -0.3 is 11.1 Å². The average molecular weight is 270 g/mol. The summed E-state index contributed by atoms with van der Waals surface area (Å²) in [6, 6.07) is 3.94. The van der Waals surface area contributed by atoms with Crippen molar-refractivity contribution >= 4 is 22.4 Å². The molecule has 2 rings (SSSR count). The molecule has 1 aromatic carbocycles. The Labute approximate surface area is 107 Å². The van der Waals surface area contributed by atoms with E-state index in [1.807, 2.05) is 0 Å². The van der Waals surface area contributed by atoms with Crippen molar-refractivity contribution in [3.05, 3.63) is 24.0 Å². The van der Waals surface area contributed by atoms with Crippen LogP contribution in [-0.4, -0.2) is 21.4 Å². The van der Waals surface area contributed by atoms with Gasteiger partial charge >= 0.3 is 0 Å². The van der Waals surface area contributed by atoms with Gasteiger partial charge in [0.1, 0.15) is 11.1 Å². The number of nitrogens with one attached hydrogen (secondary N) is 1. The van der Waals surface area contributed by atoms with E-state index in [0.29, 0.717) is 0 Å². The number of halogens is 1. The van der Waals surface area contributed by atoms with Gasteiger partial charge in [-0.05, 0) is 38.0 Å². The lowest BCUT2D eigenvalue weighted by Crippen LogP contribution is -2.36. The van der Waals surface area contributed by atoms with Crippen LogP contribution in [-0.2, 0) is 15.6 Å². The number of carbonyl (C=O) groups is 1. The average Bonchev–Trinajstić information content (AvgIpc) is 3.09. The van der Waals surface area contributed by atoms with Gasteiger partial charge in [0.2, 0.25) is 5.91 Å². The van der Waals surface area contributed by atoms with Gasteiger partial charge in [-0.2, -0.15) is 0 Å². The summed E-state index contributed by atoms with van der Waals surface area (Å²) in [5, 5.41) is 2.06. The van der Waals surface area contributed by atoms with Crippen LogP contribution in [0.1, 0.15) is 19.8 Å². The predicted octanol–water partition coefficient (Wildman–Crippen LogP) is 1.18. The molecule has 98 valence electrons. The summed E-state index contributed by atoms with van der Waals surface area (Å²) in [5.74, 6) is -0.813. The second kappa shape index (κ2) is 5.06. The molecule has 1 aromatic rings. The molecular weight excluding hydrogens is 255 g/mol. The lowest BCUT2D eigenvalue weighted by Gasteiger charge is -2.12. The van der Waals surface area contributed by atoms with Gasteiger partial charge in [0, 0.05) is 16.6 Å². The quantitative estimate of drug-likeness (QED) is 0.807. The molecule has 6 heteroatoms. The first kappa shape index (κ1) is 13.0. The van der Waals surface area contributed by atoms with Crippen LogP contribution in [0.5, 0.6) is 0 Å². The van der Waals surface area contributed by atoms with Crippen LogP contribution in [0.4, 0.5) is 10.1 Å². The van der Waals surface area contributed by atoms with Gasteiger partial charge in [-0.15, -0.1) is 0 Å². The van der Waals surface area contributed by atoms with Crippen LogP contribution in [0, 0.1) is 5.82 Å². The van der Waals surface area contributed by atoms with E-state index in [2.05, 4.69) is 5.32 Å². The number of nitrogens with two attached hydrogens (primary N) is 1. The molecule has 3 N–H and O–H groups in total. The standard InChI is InChI=1S/C12H15FN2O2S/c1-7(12(16)15-10-2-3-10)18(17)11-5-8(13)4-9(14)6-11/h4-7,10H,2-3,14H2,1H3,(H,15,16). The topological polar surface area (TPSA) is 72.2 Å². The van der Waals surface area contributed by atoms with Crippen LogP contribution in [0.25, 0.3) is 0 Å². The number of hydrogen-bond acceptors (Lipinski definition) is 3. The van der Waals surface area contributed by atoms with E-state index in [1.165, 1.54) is 6.07 Å². The van der Waals surface area contributed by atoms with Crippen LogP contribution >= 0.6 is 0 Å². The molecule has 0 aliphatic heterocycles. The Kier molecular flexibility index (Phi) is 3.65. The Morgan fingerprint density at radius 1 is 1.50 bits per heavy atom. The zero-order valence-electron chi connectivity index (χ0n) is 9.98. The highest BCUT2D eigenvalue weighted by atomic mass is 32.2. The zero-order valence-corrected chi connectivity index (χ0v) is 10.8. The fourth-order valence-electron chi connectivity index (χ4n) is 1.55. The summed E-state index contributed by atoms with van der Waals surface area (Å²) in [6.07, 6.45) is 1.94. The number of anilines is 1. The minimum atomic E-state index is -1.60. The Morgan fingerprint density at radius 3 is 2.72 bits per heavy atom. The van der Waals surface area contributed by atoms with Crippen LogP contribution < -0.4 is 11.1 Å². The summed E-state index contributed by atoms with van der Waals surface area (Å²) < 4.78 is 25.3. The van der Waals surface area contributed by atoms with Crippen molar-refractivity contribution in [3.63, 3.8) is 0 Å². The predicted molar refractivity (Wildman–Crippen MR) is 67.8 cm³/mol. The molecule has 4 nitrogen and oxygen atoms in total. The third kappa shape index (κ3) is 3.07. The highest BCUT2D eigenvalue weighted by Crippen LogP contribution is 2.21. The molecular formula is C12H15FN2O2S. The molecule has 1 saturated carbocycles. The van der Waals surface area contributed by atoms with Gasteiger partial charge in [-0.3, -0.25) is 9.00 Å². The number of nitrogen functional groups attached to an aromatic ring is 1. The second-order valence-electron chi connectivity index (χ2n) is 4.44. The van der Waals surface area contributed by atoms with E-state index in [9.17, 15) is 13.4 Å².